The van der Waals surface area contributed by atoms with Crippen LogP contribution in [-0.4, -0.2) is 13.0 Å². The lowest BCUT2D eigenvalue weighted by molar-refractivity contribution is 0.102. The summed E-state index contributed by atoms with van der Waals surface area (Å²) < 4.78 is 5.12. The summed E-state index contributed by atoms with van der Waals surface area (Å²) in [4.78, 5) is 12.2. The zero-order valence-electron chi connectivity index (χ0n) is 10.1. The van der Waals surface area contributed by atoms with Crippen LogP contribution in [-0.2, 0) is 0 Å². The molecule has 1 aromatic carbocycles. The number of hydrogen-bond donors (Lipinski definition) is 2. The highest BCUT2D eigenvalue weighted by Crippen LogP contribution is 2.28. The van der Waals surface area contributed by atoms with Crippen molar-refractivity contribution in [1.29, 1.82) is 5.26 Å². The summed E-state index contributed by atoms with van der Waals surface area (Å²) in [6.07, 6.45) is 0. The minimum atomic E-state index is -0.395. The van der Waals surface area contributed by atoms with Crippen molar-refractivity contribution in [3.05, 3.63) is 40.8 Å². The summed E-state index contributed by atoms with van der Waals surface area (Å²) in [5, 5.41) is 13.8. The molecule has 0 aliphatic carbocycles. The van der Waals surface area contributed by atoms with Gasteiger partial charge in [0.2, 0.25) is 0 Å². The number of nitrogens with zero attached hydrogens (tertiary/aromatic N) is 1. The van der Waals surface area contributed by atoms with Crippen LogP contribution in [0.4, 0.5) is 10.7 Å². The molecule has 0 atom stereocenters. The Kier molecular flexibility index (Phi) is 3.68. The lowest BCUT2D eigenvalue weighted by atomic mass is 10.1. The average molecular weight is 273 g/mol. The first kappa shape index (κ1) is 12.9. The van der Waals surface area contributed by atoms with Crippen LogP contribution >= 0.6 is 11.3 Å². The number of ether oxygens (including phenoxy) is 1. The normalized spacial score (nSPS) is 9.68. The van der Waals surface area contributed by atoms with Crippen LogP contribution in [0.2, 0.25) is 0 Å². The fraction of sp³-hybridized carbons (Fsp3) is 0.0769. The van der Waals surface area contributed by atoms with Crippen LogP contribution in [0.25, 0.3) is 0 Å². The van der Waals surface area contributed by atoms with Gasteiger partial charge in [0.15, 0.2) is 0 Å². The SMILES string of the molecule is COc1cccc(N)c1C(=O)Nc1sccc1C#N. The van der Waals surface area contributed by atoms with Crippen molar-refractivity contribution in [3.63, 3.8) is 0 Å². The second-order valence-electron chi connectivity index (χ2n) is 3.65. The Morgan fingerprint density at radius 3 is 2.95 bits per heavy atom. The van der Waals surface area contributed by atoms with Crippen LogP contribution in [0.1, 0.15) is 15.9 Å². The third kappa shape index (κ3) is 2.51. The molecule has 2 rings (SSSR count). The highest BCUT2D eigenvalue weighted by atomic mass is 32.1. The topological polar surface area (TPSA) is 88.1 Å². The minimum Gasteiger partial charge on any atom is -0.496 e. The smallest absolute Gasteiger partial charge is 0.262 e. The lowest BCUT2D eigenvalue weighted by Crippen LogP contribution is -2.15. The zero-order valence-corrected chi connectivity index (χ0v) is 11.0. The number of nitrogens with one attached hydrogen (secondary N) is 1. The van der Waals surface area contributed by atoms with Gasteiger partial charge >= 0.3 is 0 Å². The third-order valence-electron chi connectivity index (χ3n) is 2.52. The molecule has 0 fully saturated rings. The number of hydrogen-bond acceptors (Lipinski definition) is 5. The molecule has 96 valence electrons. The van der Waals surface area contributed by atoms with Gasteiger partial charge in [-0.2, -0.15) is 5.26 Å². The first-order valence-corrected chi connectivity index (χ1v) is 6.26. The third-order valence-corrected chi connectivity index (χ3v) is 3.35. The lowest BCUT2D eigenvalue weighted by Gasteiger charge is -2.10. The summed E-state index contributed by atoms with van der Waals surface area (Å²) in [5.74, 6) is 0.00136. The maximum Gasteiger partial charge on any atom is 0.262 e. The molecule has 0 aliphatic rings. The molecule has 3 N–H and O–H groups in total. The van der Waals surface area contributed by atoms with E-state index in [0.717, 1.165) is 0 Å². The summed E-state index contributed by atoms with van der Waals surface area (Å²) >= 11 is 1.28. The first-order valence-electron chi connectivity index (χ1n) is 5.38. The second kappa shape index (κ2) is 5.42. The first-order chi connectivity index (χ1) is 9.17. The number of nitrogen functional groups attached to an aromatic ring is 1. The van der Waals surface area contributed by atoms with Gasteiger partial charge in [-0.15, -0.1) is 11.3 Å². The van der Waals surface area contributed by atoms with Crippen molar-refractivity contribution >= 4 is 27.9 Å². The van der Waals surface area contributed by atoms with Gasteiger partial charge in [-0.25, -0.2) is 0 Å². The van der Waals surface area contributed by atoms with E-state index in [0.29, 0.717) is 22.0 Å². The van der Waals surface area contributed by atoms with Gasteiger partial charge in [-0.05, 0) is 23.6 Å². The number of carbonyl (C=O) groups excluding carboxylic acids is 1. The molecular formula is C13H11N3O2S. The van der Waals surface area contributed by atoms with Gasteiger partial charge in [-0.1, -0.05) is 6.07 Å². The van der Waals surface area contributed by atoms with Gasteiger partial charge in [0.1, 0.15) is 22.4 Å². The molecular weight excluding hydrogens is 262 g/mol. The van der Waals surface area contributed by atoms with Crippen LogP contribution in [0.5, 0.6) is 5.75 Å². The predicted molar refractivity (Wildman–Crippen MR) is 74.4 cm³/mol. The van der Waals surface area contributed by atoms with Crippen LogP contribution < -0.4 is 15.8 Å². The van der Waals surface area contributed by atoms with Crippen molar-refractivity contribution in [2.45, 2.75) is 0 Å². The molecule has 6 heteroatoms. The Morgan fingerprint density at radius 2 is 2.26 bits per heavy atom. The van der Waals surface area contributed by atoms with Crippen molar-refractivity contribution in [2.24, 2.45) is 0 Å². The van der Waals surface area contributed by atoms with E-state index in [1.165, 1.54) is 18.4 Å². The van der Waals surface area contributed by atoms with E-state index >= 15 is 0 Å². The van der Waals surface area contributed by atoms with Crippen molar-refractivity contribution in [1.82, 2.24) is 0 Å². The highest BCUT2D eigenvalue weighted by molar-refractivity contribution is 7.14. The number of nitrogens with two attached hydrogens (primary N) is 1. The molecule has 0 spiro atoms. The average Bonchev–Trinajstić information content (AvgIpc) is 2.85. The van der Waals surface area contributed by atoms with Gasteiger partial charge in [0, 0.05) is 5.69 Å². The Morgan fingerprint density at radius 1 is 1.47 bits per heavy atom. The Hall–Kier alpha value is -2.52. The molecule has 0 unspecified atom stereocenters. The number of rotatable bonds is 3. The van der Waals surface area contributed by atoms with E-state index < -0.39 is 5.91 Å². The quantitative estimate of drug-likeness (QED) is 0.841. The number of benzene rings is 1. The Labute approximate surface area is 114 Å². The second-order valence-corrected chi connectivity index (χ2v) is 4.57. The zero-order chi connectivity index (χ0) is 13.8. The van der Waals surface area contributed by atoms with Crippen LogP contribution in [0.3, 0.4) is 0 Å². The molecule has 0 bridgehead atoms. The van der Waals surface area contributed by atoms with Gasteiger partial charge < -0.3 is 15.8 Å². The standard InChI is InChI=1S/C13H11N3O2S/c1-18-10-4-2-3-9(15)11(10)12(17)16-13-8(7-14)5-6-19-13/h2-6H,15H2,1H3,(H,16,17). The number of nitriles is 1. The summed E-state index contributed by atoms with van der Waals surface area (Å²) in [7, 11) is 1.47. The molecule has 1 heterocycles. The number of methoxy groups -OCH3 is 1. The summed E-state index contributed by atoms with van der Waals surface area (Å²) in [6, 6.07) is 8.64. The maximum absolute atomic E-state index is 12.2. The van der Waals surface area contributed by atoms with Crippen molar-refractivity contribution in [3.8, 4) is 11.8 Å². The maximum atomic E-state index is 12.2. The monoisotopic (exact) mass is 273 g/mol. The van der Waals surface area contributed by atoms with Gasteiger partial charge in [0.05, 0.1) is 12.7 Å². The summed E-state index contributed by atoms with van der Waals surface area (Å²) in [5.41, 5.74) is 6.81. The van der Waals surface area contributed by atoms with Crippen LogP contribution in [0.15, 0.2) is 29.6 Å². The van der Waals surface area contributed by atoms with E-state index in [4.69, 9.17) is 15.7 Å². The van der Waals surface area contributed by atoms with Crippen molar-refractivity contribution in [2.75, 3.05) is 18.2 Å². The molecule has 1 amide bonds. The Balaban J connectivity index is 2.34. The molecule has 0 aliphatic heterocycles. The van der Waals surface area contributed by atoms with E-state index in [1.807, 2.05) is 6.07 Å². The van der Waals surface area contributed by atoms with Gasteiger partial charge in [-0.3, -0.25) is 4.79 Å². The molecule has 0 radical (unpaired) electrons. The minimum absolute atomic E-state index is 0.266. The number of anilines is 2. The molecule has 1 aromatic heterocycles. The number of carbonyl (C=O) groups is 1. The number of thiophene rings is 1. The molecule has 5 nitrogen and oxygen atoms in total. The van der Waals surface area contributed by atoms with E-state index in [-0.39, 0.29) is 5.56 Å². The van der Waals surface area contributed by atoms with Crippen LogP contribution in [0, 0.1) is 11.3 Å². The Bertz CT molecular complexity index is 658. The molecule has 0 saturated carbocycles. The van der Waals surface area contributed by atoms with E-state index in [2.05, 4.69) is 5.32 Å². The fourth-order valence-corrected chi connectivity index (χ4v) is 2.35. The molecule has 0 saturated heterocycles. The van der Waals surface area contributed by atoms with Crippen molar-refractivity contribution < 1.29 is 9.53 Å². The predicted octanol–water partition coefficient (Wildman–Crippen LogP) is 2.46. The largest absolute Gasteiger partial charge is 0.496 e. The number of amides is 1. The van der Waals surface area contributed by atoms with Gasteiger partial charge in [0.25, 0.3) is 5.91 Å². The fourth-order valence-electron chi connectivity index (χ4n) is 1.62. The highest BCUT2D eigenvalue weighted by Gasteiger charge is 2.17. The van der Waals surface area contributed by atoms with E-state index in [9.17, 15) is 4.79 Å². The molecule has 2 aromatic rings. The summed E-state index contributed by atoms with van der Waals surface area (Å²) in [6.45, 7) is 0. The van der Waals surface area contributed by atoms with E-state index in [1.54, 1.807) is 29.6 Å². The molecule has 19 heavy (non-hydrogen) atoms.